The quantitative estimate of drug-likeness (QED) is 0.486. The molecule has 0 saturated carbocycles. The predicted octanol–water partition coefficient (Wildman–Crippen LogP) is 4.35. The normalized spacial score (nSPS) is 10.2. The fourth-order valence-corrected chi connectivity index (χ4v) is 2.41. The van der Waals surface area contributed by atoms with E-state index in [4.69, 9.17) is 9.47 Å². The molecule has 8 nitrogen and oxygen atoms in total. The molecule has 0 heterocycles. The summed E-state index contributed by atoms with van der Waals surface area (Å²) in [6, 6.07) is 16.4. The molecule has 0 saturated heterocycles. The fourth-order valence-electron chi connectivity index (χ4n) is 2.41. The van der Waals surface area contributed by atoms with Gasteiger partial charge in [0.15, 0.2) is 0 Å². The minimum atomic E-state index is -0.598. The first-order valence-electron chi connectivity index (χ1n) is 8.17. The highest BCUT2D eigenvalue weighted by atomic mass is 16.6. The number of nitro groups is 1. The number of carbonyl (C=O) groups is 1. The number of nitrogens with zero attached hydrogens (tertiary/aromatic N) is 1. The predicted molar refractivity (Wildman–Crippen MR) is 102 cm³/mol. The van der Waals surface area contributed by atoms with Crippen LogP contribution in [0.25, 0.3) is 0 Å². The SMILES string of the molecule is COc1ccc(C(=O)Nc2ccc(Oc3ccc(O)cc3)c([N+](=O)[O-])c2)cc1. The number of anilines is 1. The van der Waals surface area contributed by atoms with E-state index in [9.17, 15) is 20.0 Å². The number of carbonyl (C=O) groups excluding carboxylic acids is 1. The van der Waals surface area contributed by atoms with Gasteiger partial charge in [-0.05, 0) is 60.7 Å². The van der Waals surface area contributed by atoms with Crippen LogP contribution in [0.1, 0.15) is 10.4 Å². The van der Waals surface area contributed by atoms with Gasteiger partial charge in [-0.25, -0.2) is 0 Å². The lowest BCUT2D eigenvalue weighted by Crippen LogP contribution is -2.12. The monoisotopic (exact) mass is 380 g/mol. The molecule has 0 radical (unpaired) electrons. The number of nitrogens with one attached hydrogen (secondary N) is 1. The smallest absolute Gasteiger partial charge is 0.313 e. The van der Waals surface area contributed by atoms with Crippen molar-refractivity contribution in [2.75, 3.05) is 12.4 Å². The van der Waals surface area contributed by atoms with Gasteiger partial charge in [0.05, 0.1) is 12.0 Å². The van der Waals surface area contributed by atoms with Gasteiger partial charge in [0.2, 0.25) is 5.75 Å². The molecule has 0 bridgehead atoms. The third-order valence-corrected chi connectivity index (χ3v) is 3.83. The van der Waals surface area contributed by atoms with E-state index in [1.54, 1.807) is 24.3 Å². The van der Waals surface area contributed by atoms with Gasteiger partial charge in [0.1, 0.15) is 17.2 Å². The molecule has 3 aromatic carbocycles. The van der Waals surface area contributed by atoms with Gasteiger partial charge in [0, 0.05) is 17.3 Å². The number of benzene rings is 3. The Kier molecular flexibility index (Phi) is 5.40. The highest BCUT2D eigenvalue weighted by Gasteiger charge is 2.18. The largest absolute Gasteiger partial charge is 0.508 e. The zero-order valence-corrected chi connectivity index (χ0v) is 14.8. The second kappa shape index (κ2) is 8.09. The Hall–Kier alpha value is -4.07. The van der Waals surface area contributed by atoms with Crippen LogP contribution in [0.4, 0.5) is 11.4 Å². The van der Waals surface area contributed by atoms with Crippen LogP contribution in [0.15, 0.2) is 66.7 Å². The summed E-state index contributed by atoms with van der Waals surface area (Å²) in [5.41, 5.74) is 0.332. The Morgan fingerprint density at radius 3 is 2.25 bits per heavy atom. The van der Waals surface area contributed by atoms with E-state index in [1.165, 1.54) is 49.6 Å². The molecule has 0 aliphatic rings. The first kappa shape index (κ1) is 18.7. The summed E-state index contributed by atoms with van der Waals surface area (Å²) in [7, 11) is 1.52. The maximum atomic E-state index is 12.3. The summed E-state index contributed by atoms with van der Waals surface area (Å²) in [5.74, 6) is 0.597. The summed E-state index contributed by atoms with van der Waals surface area (Å²) in [4.78, 5) is 23.1. The number of phenols is 1. The molecule has 28 heavy (non-hydrogen) atoms. The van der Waals surface area contributed by atoms with Crippen LogP contribution in [0.5, 0.6) is 23.0 Å². The van der Waals surface area contributed by atoms with E-state index < -0.39 is 10.8 Å². The Morgan fingerprint density at radius 1 is 1.00 bits per heavy atom. The molecule has 0 spiro atoms. The lowest BCUT2D eigenvalue weighted by Gasteiger charge is -2.09. The Balaban J connectivity index is 1.80. The van der Waals surface area contributed by atoms with Crippen molar-refractivity contribution in [1.82, 2.24) is 0 Å². The Labute approximate surface area is 160 Å². The molecule has 2 N–H and O–H groups in total. The van der Waals surface area contributed by atoms with Crippen molar-refractivity contribution in [2.45, 2.75) is 0 Å². The first-order chi connectivity index (χ1) is 13.5. The average Bonchev–Trinajstić information content (AvgIpc) is 2.70. The van der Waals surface area contributed by atoms with Gasteiger partial charge in [-0.3, -0.25) is 14.9 Å². The molecule has 0 aromatic heterocycles. The molecule has 8 heteroatoms. The third kappa shape index (κ3) is 4.36. The van der Waals surface area contributed by atoms with Crippen LogP contribution in [0.2, 0.25) is 0 Å². The molecule has 3 aromatic rings. The summed E-state index contributed by atoms with van der Waals surface area (Å²) in [6.45, 7) is 0. The molecule has 3 rings (SSSR count). The second-order valence-electron chi connectivity index (χ2n) is 5.72. The van der Waals surface area contributed by atoms with E-state index >= 15 is 0 Å². The maximum Gasteiger partial charge on any atom is 0.313 e. The van der Waals surface area contributed by atoms with Crippen LogP contribution in [0, 0.1) is 10.1 Å². The van der Waals surface area contributed by atoms with Gasteiger partial charge in [-0.1, -0.05) is 0 Å². The van der Waals surface area contributed by atoms with E-state index in [2.05, 4.69) is 5.32 Å². The molecular formula is C20H16N2O6. The van der Waals surface area contributed by atoms with Crippen molar-refractivity contribution in [3.05, 3.63) is 82.4 Å². The van der Waals surface area contributed by atoms with Crippen LogP contribution in [0.3, 0.4) is 0 Å². The molecule has 0 unspecified atom stereocenters. The number of methoxy groups -OCH3 is 1. The lowest BCUT2D eigenvalue weighted by molar-refractivity contribution is -0.385. The van der Waals surface area contributed by atoms with Crippen LogP contribution in [-0.2, 0) is 0 Å². The van der Waals surface area contributed by atoms with E-state index in [0.29, 0.717) is 17.1 Å². The number of hydrogen-bond acceptors (Lipinski definition) is 6. The number of nitro benzene ring substituents is 1. The van der Waals surface area contributed by atoms with Crippen LogP contribution in [-0.4, -0.2) is 23.0 Å². The summed E-state index contributed by atoms with van der Waals surface area (Å²) in [5, 5.41) is 23.3. The number of aromatic hydroxyl groups is 1. The summed E-state index contributed by atoms with van der Waals surface area (Å²) >= 11 is 0. The van der Waals surface area contributed by atoms with Crippen molar-refractivity contribution in [3.8, 4) is 23.0 Å². The standard InChI is InChI=1S/C20H16N2O6/c1-27-16-7-2-13(3-8-16)20(24)21-14-4-11-19(18(12-14)22(25)26)28-17-9-5-15(23)6-10-17/h2-12,23H,1H3,(H,21,24). The number of hydrogen-bond donors (Lipinski definition) is 2. The van der Waals surface area contributed by atoms with Crippen molar-refractivity contribution >= 4 is 17.3 Å². The summed E-state index contributed by atoms with van der Waals surface area (Å²) < 4.78 is 10.6. The number of amides is 1. The zero-order valence-electron chi connectivity index (χ0n) is 14.8. The van der Waals surface area contributed by atoms with Crippen molar-refractivity contribution < 1.29 is 24.3 Å². The van der Waals surface area contributed by atoms with Gasteiger partial charge in [-0.2, -0.15) is 0 Å². The van der Waals surface area contributed by atoms with Gasteiger partial charge >= 0.3 is 5.69 Å². The van der Waals surface area contributed by atoms with Crippen molar-refractivity contribution in [3.63, 3.8) is 0 Å². The maximum absolute atomic E-state index is 12.3. The first-order valence-corrected chi connectivity index (χ1v) is 8.17. The minimum Gasteiger partial charge on any atom is -0.508 e. The van der Waals surface area contributed by atoms with Gasteiger partial charge in [0.25, 0.3) is 5.91 Å². The number of ether oxygens (including phenoxy) is 2. The van der Waals surface area contributed by atoms with Gasteiger partial charge < -0.3 is 19.9 Å². The Morgan fingerprint density at radius 2 is 1.64 bits per heavy atom. The van der Waals surface area contributed by atoms with Crippen LogP contribution >= 0.6 is 0 Å². The van der Waals surface area contributed by atoms with E-state index in [-0.39, 0.29) is 22.9 Å². The van der Waals surface area contributed by atoms with E-state index in [0.717, 1.165) is 0 Å². The second-order valence-corrected chi connectivity index (χ2v) is 5.72. The van der Waals surface area contributed by atoms with Crippen molar-refractivity contribution in [2.24, 2.45) is 0 Å². The molecule has 0 aliphatic heterocycles. The van der Waals surface area contributed by atoms with Crippen molar-refractivity contribution in [1.29, 1.82) is 0 Å². The number of phenolic OH excluding ortho intramolecular Hbond substituents is 1. The average molecular weight is 380 g/mol. The third-order valence-electron chi connectivity index (χ3n) is 3.83. The highest BCUT2D eigenvalue weighted by molar-refractivity contribution is 6.04. The molecule has 0 fully saturated rings. The molecule has 0 aliphatic carbocycles. The molecule has 0 atom stereocenters. The fraction of sp³-hybridized carbons (Fsp3) is 0.0500. The van der Waals surface area contributed by atoms with E-state index in [1.807, 2.05) is 0 Å². The molecular weight excluding hydrogens is 364 g/mol. The molecule has 1 amide bonds. The number of rotatable bonds is 6. The van der Waals surface area contributed by atoms with Crippen LogP contribution < -0.4 is 14.8 Å². The molecule has 142 valence electrons. The lowest BCUT2D eigenvalue weighted by atomic mass is 10.2. The highest BCUT2D eigenvalue weighted by Crippen LogP contribution is 2.34. The zero-order chi connectivity index (χ0) is 20.1. The Bertz CT molecular complexity index is 1000. The minimum absolute atomic E-state index is 0.0122. The summed E-state index contributed by atoms with van der Waals surface area (Å²) in [6.07, 6.45) is 0. The van der Waals surface area contributed by atoms with Gasteiger partial charge in [-0.15, -0.1) is 0 Å². The topological polar surface area (TPSA) is 111 Å².